The molecule has 0 spiro atoms. The molecule has 0 unspecified atom stereocenters. The zero-order valence-electron chi connectivity index (χ0n) is 12.1. The van der Waals surface area contributed by atoms with Crippen molar-refractivity contribution in [2.75, 3.05) is 0 Å². The van der Waals surface area contributed by atoms with E-state index in [0.717, 1.165) is 23.3 Å². The number of rotatable bonds is 2. The molecule has 0 atom stereocenters. The van der Waals surface area contributed by atoms with Gasteiger partial charge in [0.15, 0.2) is 0 Å². The Balaban J connectivity index is 1.70. The van der Waals surface area contributed by atoms with E-state index in [4.69, 9.17) is 10.00 Å². The summed E-state index contributed by atoms with van der Waals surface area (Å²) in [6.07, 6.45) is 10.4. The van der Waals surface area contributed by atoms with E-state index >= 15 is 0 Å². The Labute approximate surface area is 120 Å². The van der Waals surface area contributed by atoms with Gasteiger partial charge in [-0.05, 0) is 85.8 Å². The van der Waals surface area contributed by atoms with Gasteiger partial charge in [-0.1, -0.05) is 12.1 Å². The highest BCUT2D eigenvalue weighted by Crippen LogP contribution is 2.60. The average molecular weight is 267 g/mol. The fourth-order valence-corrected chi connectivity index (χ4v) is 5.61. The van der Waals surface area contributed by atoms with Gasteiger partial charge in [-0.2, -0.15) is 0 Å². The quantitative estimate of drug-likeness (QED) is 0.747. The topological polar surface area (TPSA) is 33.0 Å². The van der Waals surface area contributed by atoms with Crippen LogP contribution in [0.2, 0.25) is 0 Å². The van der Waals surface area contributed by atoms with Gasteiger partial charge in [-0.25, -0.2) is 0 Å². The number of nitriles is 1. The summed E-state index contributed by atoms with van der Waals surface area (Å²) >= 11 is 0. The molecule has 0 aromatic heterocycles. The zero-order chi connectivity index (χ0) is 13.7. The number of hydrogen-bond acceptors (Lipinski definition) is 2. The highest BCUT2D eigenvalue weighted by Gasteiger charge is 2.51. The summed E-state index contributed by atoms with van der Waals surface area (Å²) in [5, 5.41) is 8.67. The Kier molecular flexibility index (Phi) is 2.61. The molecule has 0 amide bonds. The molecule has 5 rings (SSSR count). The number of nitrogens with zero attached hydrogens (tertiary/aromatic N) is 1. The van der Waals surface area contributed by atoms with Crippen molar-refractivity contribution in [1.82, 2.24) is 0 Å². The highest BCUT2D eigenvalue weighted by molar-refractivity contribution is 5.41. The van der Waals surface area contributed by atoms with Crippen molar-refractivity contribution in [3.8, 4) is 12.0 Å². The molecule has 4 saturated carbocycles. The van der Waals surface area contributed by atoms with E-state index in [-0.39, 0.29) is 0 Å². The van der Waals surface area contributed by atoms with Gasteiger partial charge < -0.3 is 4.74 Å². The fraction of sp³-hybridized carbons (Fsp3) is 0.611. The van der Waals surface area contributed by atoms with Crippen LogP contribution in [-0.2, 0) is 5.41 Å². The van der Waals surface area contributed by atoms with Gasteiger partial charge in [-0.15, -0.1) is 5.26 Å². The summed E-state index contributed by atoms with van der Waals surface area (Å²) in [5.41, 5.74) is 3.03. The van der Waals surface area contributed by atoms with Crippen LogP contribution in [-0.4, -0.2) is 0 Å². The summed E-state index contributed by atoms with van der Waals surface area (Å²) in [5.74, 6) is 3.62. The molecule has 0 saturated heterocycles. The predicted octanol–water partition coefficient (Wildman–Crippen LogP) is 4.32. The van der Waals surface area contributed by atoms with Crippen LogP contribution < -0.4 is 4.74 Å². The third kappa shape index (κ3) is 1.76. The number of ether oxygens (including phenoxy) is 1. The number of hydrogen-bond donors (Lipinski definition) is 0. The largest absolute Gasteiger partial charge is 0.388 e. The number of benzene rings is 1. The molecular weight excluding hydrogens is 246 g/mol. The van der Waals surface area contributed by atoms with Crippen LogP contribution in [0.5, 0.6) is 5.75 Å². The molecule has 0 N–H and O–H groups in total. The fourth-order valence-electron chi connectivity index (χ4n) is 5.61. The summed E-state index contributed by atoms with van der Waals surface area (Å²) in [6.45, 7) is 2.05. The molecule has 4 bridgehead atoms. The van der Waals surface area contributed by atoms with Crippen molar-refractivity contribution in [2.45, 2.75) is 50.9 Å². The van der Waals surface area contributed by atoms with E-state index in [9.17, 15) is 0 Å². The van der Waals surface area contributed by atoms with Crippen molar-refractivity contribution in [3.63, 3.8) is 0 Å². The van der Waals surface area contributed by atoms with Crippen LogP contribution in [0.15, 0.2) is 18.2 Å². The molecule has 0 heterocycles. The lowest BCUT2D eigenvalue weighted by molar-refractivity contribution is -0.00522. The van der Waals surface area contributed by atoms with Crippen molar-refractivity contribution in [1.29, 1.82) is 5.26 Å². The van der Waals surface area contributed by atoms with E-state index in [2.05, 4.69) is 19.1 Å². The van der Waals surface area contributed by atoms with Crippen LogP contribution in [0.1, 0.15) is 49.7 Å². The van der Waals surface area contributed by atoms with Gasteiger partial charge in [0.05, 0.1) is 0 Å². The van der Waals surface area contributed by atoms with E-state index in [1.807, 2.05) is 6.07 Å². The average Bonchev–Trinajstić information content (AvgIpc) is 2.39. The van der Waals surface area contributed by atoms with Crippen LogP contribution in [0, 0.1) is 36.2 Å². The van der Waals surface area contributed by atoms with E-state index in [1.165, 1.54) is 44.1 Å². The van der Waals surface area contributed by atoms with Crippen LogP contribution in [0.25, 0.3) is 0 Å². The molecule has 0 aliphatic heterocycles. The normalized spacial score (nSPS) is 37.7. The zero-order valence-corrected chi connectivity index (χ0v) is 12.1. The second kappa shape index (κ2) is 4.25. The van der Waals surface area contributed by atoms with Gasteiger partial charge in [0.2, 0.25) is 0 Å². The second-order valence-electron chi connectivity index (χ2n) is 7.37. The molecular formula is C18H21NO. The first-order valence-corrected chi connectivity index (χ1v) is 7.85. The van der Waals surface area contributed by atoms with Crippen molar-refractivity contribution >= 4 is 0 Å². The summed E-state index contributed by atoms with van der Waals surface area (Å²) < 4.78 is 5.02. The third-order valence-electron chi connectivity index (χ3n) is 5.98. The van der Waals surface area contributed by atoms with Gasteiger partial charge in [0.1, 0.15) is 5.75 Å². The Morgan fingerprint density at radius 1 is 1.10 bits per heavy atom. The molecule has 1 aromatic rings. The SMILES string of the molecule is Cc1cc(C23CC4CC(CC(C4)C2)C3)ccc1OC#N. The van der Waals surface area contributed by atoms with E-state index in [1.54, 1.807) is 6.26 Å². The third-order valence-corrected chi connectivity index (χ3v) is 5.98. The van der Waals surface area contributed by atoms with Crippen molar-refractivity contribution in [3.05, 3.63) is 29.3 Å². The lowest BCUT2D eigenvalue weighted by Crippen LogP contribution is -2.48. The summed E-state index contributed by atoms with van der Waals surface area (Å²) in [4.78, 5) is 0. The minimum absolute atomic E-state index is 0.435. The van der Waals surface area contributed by atoms with Crippen LogP contribution in [0.3, 0.4) is 0 Å². The van der Waals surface area contributed by atoms with E-state index in [0.29, 0.717) is 11.2 Å². The lowest BCUT2D eigenvalue weighted by Gasteiger charge is -2.57. The van der Waals surface area contributed by atoms with Crippen molar-refractivity contribution < 1.29 is 4.74 Å². The van der Waals surface area contributed by atoms with E-state index < -0.39 is 0 Å². The predicted molar refractivity (Wildman–Crippen MR) is 77.3 cm³/mol. The molecule has 20 heavy (non-hydrogen) atoms. The van der Waals surface area contributed by atoms with Crippen LogP contribution in [0.4, 0.5) is 0 Å². The molecule has 1 aromatic carbocycles. The number of aryl methyl sites for hydroxylation is 1. The molecule has 4 aliphatic rings. The summed E-state index contributed by atoms with van der Waals surface area (Å²) in [7, 11) is 0. The Hall–Kier alpha value is -1.49. The lowest BCUT2D eigenvalue weighted by atomic mass is 9.48. The maximum atomic E-state index is 8.67. The molecule has 104 valence electrons. The highest BCUT2D eigenvalue weighted by atomic mass is 16.5. The second-order valence-corrected chi connectivity index (χ2v) is 7.37. The Morgan fingerprint density at radius 2 is 1.70 bits per heavy atom. The molecule has 0 radical (unpaired) electrons. The van der Waals surface area contributed by atoms with Crippen LogP contribution >= 0.6 is 0 Å². The molecule has 2 heteroatoms. The maximum absolute atomic E-state index is 8.67. The van der Waals surface area contributed by atoms with Gasteiger partial charge in [0.25, 0.3) is 6.26 Å². The first kappa shape index (κ1) is 12.3. The Bertz CT molecular complexity index is 548. The van der Waals surface area contributed by atoms with Crippen molar-refractivity contribution in [2.24, 2.45) is 17.8 Å². The molecule has 4 fully saturated rings. The minimum Gasteiger partial charge on any atom is -0.388 e. The Morgan fingerprint density at radius 3 is 2.20 bits per heavy atom. The van der Waals surface area contributed by atoms with Gasteiger partial charge in [-0.3, -0.25) is 0 Å². The first-order chi connectivity index (χ1) is 9.68. The minimum atomic E-state index is 0.435. The molecule has 4 aliphatic carbocycles. The molecule has 2 nitrogen and oxygen atoms in total. The van der Waals surface area contributed by atoms with Gasteiger partial charge >= 0.3 is 0 Å². The smallest absolute Gasteiger partial charge is 0.292 e. The summed E-state index contributed by atoms with van der Waals surface area (Å²) in [6, 6.07) is 6.49. The first-order valence-electron chi connectivity index (χ1n) is 7.85. The maximum Gasteiger partial charge on any atom is 0.292 e. The van der Waals surface area contributed by atoms with Gasteiger partial charge in [0, 0.05) is 0 Å². The monoisotopic (exact) mass is 267 g/mol. The standard InChI is InChI=1S/C18H21NO/c1-12-4-16(2-3-17(12)20-11-19)18-8-13-5-14(9-18)7-15(6-13)10-18/h2-4,13-15H,5-10H2,1H3.